The van der Waals surface area contributed by atoms with E-state index in [0.717, 1.165) is 38.8 Å². The number of benzene rings is 1. The molecular formula is C21H30N2O4. The minimum absolute atomic E-state index is 0.00882. The van der Waals surface area contributed by atoms with E-state index >= 15 is 0 Å². The Morgan fingerprint density at radius 2 is 1.56 bits per heavy atom. The van der Waals surface area contributed by atoms with Crippen molar-refractivity contribution in [1.82, 2.24) is 9.80 Å². The Morgan fingerprint density at radius 3 is 2.19 bits per heavy atom. The van der Waals surface area contributed by atoms with Crippen molar-refractivity contribution in [1.29, 1.82) is 0 Å². The van der Waals surface area contributed by atoms with Crippen LogP contribution in [0.15, 0.2) is 24.3 Å². The van der Waals surface area contributed by atoms with Gasteiger partial charge in [-0.2, -0.15) is 0 Å². The van der Waals surface area contributed by atoms with E-state index in [2.05, 4.69) is 0 Å². The van der Waals surface area contributed by atoms with Crippen LogP contribution >= 0.6 is 0 Å². The summed E-state index contributed by atoms with van der Waals surface area (Å²) in [4.78, 5) is 29.1. The molecule has 0 N–H and O–H groups in total. The second-order valence-corrected chi connectivity index (χ2v) is 7.33. The van der Waals surface area contributed by atoms with E-state index in [9.17, 15) is 9.59 Å². The van der Waals surface area contributed by atoms with Crippen LogP contribution in [-0.2, 0) is 9.59 Å². The molecule has 2 aliphatic rings. The van der Waals surface area contributed by atoms with Gasteiger partial charge in [0.15, 0.2) is 18.1 Å². The van der Waals surface area contributed by atoms with Crippen LogP contribution < -0.4 is 9.47 Å². The number of ether oxygens (including phenoxy) is 2. The number of hydrogen-bond donors (Lipinski definition) is 0. The third kappa shape index (κ3) is 5.15. The Kier molecular flexibility index (Phi) is 6.96. The van der Waals surface area contributed by atoms with Gasteiger partial charge in [-0.05, 0) is 37.8 Å². The highest BCUT2D eigenvalue weighted by molar-refractivity contribution is 5.80. The SMILES string of the molecule is COc1ccccc1OCC(=O)N1CCC(C(=O)N2CCCCCC2)CC1. The predicted molar refractivity (Wildman–Crippen MR) is 103 cm³/mol. The van der Waals surface area contributed by atoms with Crippen LogP contribution in [0.2, 0.25) is 0 Å². The molecule has 3 rings (SSSR count). The van der Waals surface area contributed by atoms with Gasteiger partial charge in [-0.3, -0.25) is 9.59 Å². The number of rotatable bonds is 5. The summed E-state index contributed by atoms with van der Waals surface area (Å²) in [6.45, 7) is 3.03. The lowest BCUT2D eigenvalue weighted by atomic mass is 9.95. The summed E-state index contributed by atoms with van der Waals surface area (Å²) in [5, 5.41) is 0. The molecule has 6 heteroatoms. The lowest BCUT2D eigenvalue weighted by Gasteiger charge is -2.34. The molecule has 2 saturated heterocycles. The molecule has 6 nitrogen and oxygen atoms in total. The molecule has 0 aliphatic carbocycles. The van der Waals surface area contributed by atoms with Gasteiger partial charge >= 0.3 is 0 Å². The van der Waals surface area contributed by atoms with Crippen molar-refractivity contribution in [3.63, 3.8) is 0 Å². The van der Waals surface area contributed by atoms with Crippen molar-refractivity contribution >= 4 is 11.8 Å². The molecule has 0 unspecified atom stereocenters. The monoisotopic (exact) mass is 374 g/mol. The maximum atomic E-state index is 12.7. The van der Waals surface area contributed by atoms with Crippen molar-refractivity contribution in [3.05, 3.63) is 24.3 Å². The second kappa shape index (κ2) is 9.62. The van der Waals surface area contributed by atoms with Gasteiger partial charge in [-0.1, -0.05) is 25.0 Å². The molecule has 0 atom stereocenters. The summed E-state index contributed by atoms with van der Waals surface area (Å²) in [5.74, 6) is 1.49. The molecule has 1 aromatic rings. The first-order valence-electron chi connectivity index (χ1n) is 10.0. The van der Waals surface area contributed by atoms with Crippen LogP contribution in [-0.4, -0.2) is 61.5 Å². The van der Waals surface area contributed by atoms with Crippen molar-refractivity contribution in [2.24, 2.45) is 5.92 Å². The fourth-order valence-electron chi connectivity index (χ4n) is 3.89. The summed E-state index contributed by atoms with van der Waals surface area (Å²) >= 11 is 0. The molecule has 2 aliphatic heterocycles. The van der Waals surface area contributed by atoms with Gasteiger partial charge in [-0.25, -0.2) is 0 Å². The fraction of sp³-hybridized carbons (Fsp3) is 0.619. The molecule has 0 radical (unpaired) electrons. The third-order valence-electron chi connectivity index (χ3n) is 5.53. The van der Waals surface area contributed by atoms with Crippen molar-refractivity contribution < 1.29 is 19.1 Å². The van der Waals surface area contributed by atoms with Crippen LogP contribution in [0.4, 0.5) is 0 Å². The molecular weight excluding hydrogens is 344 g/mol. The molecule has 0 saturated carbocycles. The largest absolute Gasteiger partial charge is 0.493 e. The smallest absolute Gasteiger partial charge is 0.260 e. The lowest BCUT2D eigenvalue weighted by Crippen LogP contribution is -2.45. The predicted octanol–water partition coefficient (Wildman–Crippen LogP) is 2.72. The molecule has 2 fully saturated rings. The van der Waals surface area contributed by atoms with Crippen LogP contribution in [0.25, 0.3) is 0 Å². The van der Waals surface area contributed by atoms with Gasteiger partial charge in [-0.15, -0.1) is 0 Å². The lowest BCUT2D eigenvalue weighted by molar-refractivity contribution is -0.141. The van der Waals surface area contributed by atoms with Crippen molar-refractivity contribution in [2.45, 2.75) is 38.5 Å². The van der Waals surface area contributed by atoms with Gasteiger partial charge in [0.2, 0.25) is 5.91 Å². The van der Waals surface area contributed by atoms with Crippen LogP contribution in [0.1, 0.15) is 38.5 Å². The highest BCUT2D eigenvalue weighted by Gasteiger charge is 2.30. The van der Waals surface area contributed by atoms with Gasteiger partial charge in [0.25, 0.3) is 5.91 Å². The third-order valence-corrected chi connectivity index (χ3v) is 5.53. The Balaban J connectivity index is 1.45. The second-order valence-electron chi connectivity index (χ2n) is 7.33. The number of amides is 2. The van der Waals surface area contributed by atoms with Gasteiger partial charge in [0.05, 0.1) is 7.11 Å². The Labute approximate surface area is 161 Å². The number of methoxy groups -OCH3 is 1. The summed E-state index contributed by atoms with van der Waals surface area (Å²) in [7, 11) is 1.58. The first-order chi connectivity index (χ1) is 13.2. The van der Waals surface area contributed by atoms with Crippen LogP contribution in [0.3, 0.4) is 0 Å². The molecule has 2 amide bonds. The molecule has 0 bridgehead atoms. The minimum atomic E-state index is -0.0402. The number of likely N-dealkylation sites (tertiary alicyclic amines) is 2. The van der Waals surface area contributed by atoms with E-state index in [-0.39, 0.29) is 24.3 Å². The standard InChI is InChI=1S/C21H30N2O4/c1-26-18-8-4-5-9-19(18)27-16-20(24)22-14-10-17(11-15-22)21(25)23-12-6-2-3-7-13-23/h4-5,8-9,17H,2-3,6-7,10-16H2,1H3. The van der Waals surface area contributed by atoms with Crippen molar-refractivity contribution in [2.75, 3.05) is 39.9 Å². The first kappa shape index (κ1) is 19.5. The van der Waals surface area contributed by atoms with Gasteiger partial charge in [0.1, 0.15) is 0 Å². The van der Waals surface area contributed by atoms with Gasteiger partial charge in [0, 0.05) is 32.1 Å². The van der Waals surface area contributed by atoms with E-state index in [1.165, 1.54) is 12.8 Å². The number of nitrogens with zero attached hydrogens (tertiary/aromatic N) is 2. The zero-order valence-corrected chi connectivity index (χ0v) is 16.2. The summed E-state index contributed by atoms with van der Waals surface area (Å²) in [6, 6.07) is 7.31. The number of piperidine rings is 1. The van der Waals surface area contributed by atoms with E-state index in [1.54, 1.807) is 19.2 Å². The molecule has 2 heterocycles. The van der Waals surface area contributed by atoms with Gasteiger partial charge < -0.3 is 19.3 Å². The van der Waals surface area contributed by atoms with E-state index in [1.807, 2.05) is 21.9 Å². The maximum Gasteiger partial charge on any atom is 0.260 e. The zero-order valence-electron chi connectivity index (χ0n) is 16.2. The Morgan fingerprint density at radius 1 is 0.926 bits per heavy atom. The average molecular weight is 374 g/mol. The Hall–Kier alpha value is -2.24. The summed E-state index contributed by atoms with van der Waals surface area (Å²) in [5.41, 5.74) is 0. The fourth-order valence-corrected chi connectivity index (χ4v) is 3.89. The molecule has 27 heavy (non-hydrogen) atoms. The summed E-state index contributed by atoms with van der Waals surface area (Å²) in [6.07, 6.45) is 6.17. The first-order valence-corrected chi connectivity index (χ1v) is 10.0. The average Bonchev–Trinajstić information content (AvgIpc) is 3.01. The molecule has 148 valence electrons. The molecule has 0 aromatic heterocycles. The van der Waals surface area contributed by atoms with Crippen molar-refractivity contribution in [3.8, 4) is 11.5 Å². The summed E-state index contributed by atoms with van der Waals surface area (Å²) < 4.78 is 10.9. The molecule has 0 spiro atoms. The quantitative estimate of drug-likeness (QED) is 0.795. The number of hydrogen-bond acceptors (Lipinski definition) is 4. The number of carbonyl (C=O) groups is 2. The van der Waals surface area contributed by atoms with E-state index < -0.39 is 0 Å². The molecule has 1 aromatic carbocycles. The van der Waals surface area contributed by atoms with E-state index in [4.69, 9.17) is 9.47 Å². The Bertz CT molecular complexity index is 633. The normalized spacial score (nSPS) is 18.7. The highest BCUT2D eigenvalue weighted by Crippen LogP contribution is 2.26. The topological polar surface area (TPSA) is 59.1 Å². The minimum Gasteiger partial charge on any atom is -0.493 e. The van der Waals surface area contributed by atoms with Crippen LogP contribution in [0.5, 0.6) is 11.5 Å². The maximum absolute atomic E-state index is 12.7. The van der Waals surface area contributed by atoms with E-state index in [0.29, 0.717) is 24.6 Å². The number of para-hydroxylation sites is 2. The highest BCUT2D eigenvalue weighted by atomic mass is 16.5. The number of carbonyl (C=O) groups excluding carboxylic acids is 2. The van der Waals surface area contributed by atoms with Crippen LogP contribution in [0, 0.1) is 5.92 Å². The zero-order chi connectivity index (χ0) is 19.1.